The van der Waals surface area contributed by atoms with Gasteiger partial charge in [-0.15, -0.1) is 11.3 Å². The summed E-state index contributed by atoms with van der Waals surface area (Å²) in [5.41, 5.74) is 0.943. The van der Waals surface area contributed by atoms with Gasteiger partial charge in [0, 0.05) is 33.8 Å². The molecule has 1 amide bonds. The Balaban J connectivity index is 1.77. The zero-order valence-electron chi connectivity index (χ0n) is 14.4. The van der Waals surface area contributed by atoms with Gasteiger partial charge in [-0.3, -0.25) is 10.1 Å². The normalized spacial score (nSPS) is 11.4. The molecule has 0 aliphatic carbocycles. The van der Waals surface area contributed by atoms with Crippen molar-refractivity contribution in [2.75, 3.05) is 11.6 Å². The standard InChI is InChI=1S/C18H13Cl3N2O3S2/c1-28(25,26)13-4-5-15(20)14(8-13)17(24)23-18-22-9-12(27-18)6-10-2-3-11(19)7-16(10)21/h2-5,7-9H,6H2,1H3,(H,22,23,24). The van der Waals surface area contributed by atoms with Crippen LogP contribution in [0.3, 0.4) is 0 Å². The SMILES string of the molecule is CS(=O)(=O)c1ccc(Cl)c(C(=O)Nc2ncc(Cc3ccc(Cl)cc3Cl)s2)c1. The lowest BCUT2D eigenvalue weighted by atomic mass is 10.1. The lowest BCUT2D eigenvalue weighted by molar-refractivity contribution is 0.102. The van der Waals surface area contributed by atoms with E-state index in [1.807, 2.05) is 6.07 Å². The van der Waals surface area contributed by atoms with E-state index >= 15 is 0 Å². The molecule has 5 nitrogen and oxygen atoms in total. The highest BCUT2D eigenvalue weighted by Gasteiger charge is 2.17. The molecule has 0 atom stereocenters. The van der Waals surface area contributed by atoms with Crippen LogP contribution in [0.1, 0.15) is 20.8 Å². The van der Waals surface area contributed by atoms with Gasteiger partial charge in [0.15, 0.2) is 15.0 Å². The van der Waals surface area contributed by atoms with Gasteiger partial charge in [-0.25, -0.2) is 13.4 Å². The van der Waals surface area contributed by atoms with Crippen molar-refractivity contribution in [2.45, 2.75) is 11.3 Å². The quantitative estimate of drug-likeness (QED) is 0.540. The van der Waals surface area contributed by atoms with Crippen molar-refractivity contribution < 1.29 is 13.2 Å². The number of amides is 1. The van der Waals surface area contributed by atoms with E-state index in [0.717, 1.165) is 16.7 Å². The first kappa shape index (κ1) is 21.1. The molecule has 0 saturated carbocycles. The van der Waals surface area contributed by atoms with Gasteiger partial charge in [0.1, 0.15) is 0 Å². The predicted molar refractivity (Wildman–Crippen MR) is 114 cm³/mol. The number of sulfone groups is 1. The minimum absolute atomic E-state index is 0.0132. The number of benzene rings is 2. The second-order valence-corrected chi connectivity index (χ2v) is 10.3. The van der Waals surface area contributed by atoms with E-state index in [0.29, 0.717) is 21.6 Å². The van der Waals surface area contributed by atoms with Crippen LogP contribution in [-0.2, 0) is 16.3 Å². The smallest absolute Gasteiger partial charge is 0.259 e. The first-order chi connectivity index (χ1) is 13.1. The van der Waals surface area contributed by atoms with Gasteiger partial charge >= 0.3 is 0 Å². The van der Waals surface area contributed by atoms with Crippen LogP contribution in [0.2, 0.25) is 15.1 Å². The number of hydrogen-bond donors (Lipinski definition) is 1. The van der Waals surface area contributed by atoms with Crippen molar-refractivity contribution in [3.8, 4) is 0 Å². The fourth-order valence-electron chi connectivity index (χ4n) is 2.37. The molecule has 0 aliphatic rings. The number of halogens is 3. The fraction of sp³-hybridized carbons (Fsp3) is 0.111. The van der Waals surface area contributed by atoms with E-state index < -0.39 is 15.7 Å². The Morgan fingerprint density at radius 1 is 1.11 bits per heavy atom. The van der Waals surface area contributed by atoms with E-state index in [9.17, 15) is 13.2 Å². The molecule has 0 saturated heterocycles. The maximum atomic E-state index is 12.5. The highest BCUT2D eigenvalue weighted by molar-refractivity contribution is 7.90. The summed E-state index contributed by atoms with van der Waals surface area (Å²) in [6, 6.07) is 9.23. The molecule has 0 bridgehead atoms. The average Bonchev–Trinajstić information content (AvgIpc) is 3.03. The highest BCUT2D eigenvalue weighted by atomic mass is 35.5. The second kappa shape index (κ2) is 8.39. The van der Waals surface area contributed by atoms with Crippen LogP contribution in [0, 0.1) is 0 Å². The molecule has 0 fully saturated rings. The summed E-state index contributed by atoms with van der Waals surface area (Å²) < 4.78 is 23.4. The van der Waals surface area contributed by atoms with Gasteiger partial charge in [0.05, 0.1) is 15.5 Å². The molecule has 2 aromatic carbocycles. The molecule has 0 aliphatic heterocycles. The summed E-state index contributed by atoms with van der Waals surface area (Å²) >= 11 is 19.4. The topological polar surface area (TPSA) is 76.1 Å². The monoisotopic (exact) mass is 474 g/mol. The minimum Gasteiger partial charge on any atom is -0.298 e. The number of aromatic nitrogens is 1. The summed E-state index contributed by atoms with van der Waals surface area (Å²) in [7, 11) is -3.46. The summed E-state index contributed by atoms with van der Waals surface area (Å²) in [5, 5.41) is 4.26. The Morgan fingerprint density at radius 3 is 2.54 bits per heavy atom. The Bertz CT molecular complexity index is 1160. The van der Waals surface area contributed by atoms with Crippen LogP contribution in [0.5, 0.6) is 0 Å². The Labute approximate surface area is 181 Å². The Kier molecular flexibility index (Phi) is 6.31. The number of carbonyl (C=O) groups excluding carboxylic acids is 1. The molecule has 1 N–H and O–H groups in total. The number of hydrogen-bond acceptors (Lipinski definition) is 5. The Hall–Kier alpha value is -1.64. The number of carbonyl (C=O) groups is 1. The van der Waals surface area contributed by atoms with Crippen molar-refractivity contribution in [3.63, 3.8) is 0 Å². The lowest BCUT2D eigenvalue weighted by Gasteiger charge is -2.06. The van der Waals surface area contributed by atoms with Crippen molar-refractivity contribution in [1.82, 2.24) is 4.98 Å². The van der Waals surface area contributed by atoms with E-state index in [-0.39, 0.29) is 15.5 Å². The van der Waals surface area contributed by atoms with Gasteiger partial charge < -0.3 is 0 Å². The van der Waals surface area contributed by atoms with E-state index in [1.165, 1.54) is 29.5 Å². The first-order valence-electron chi connectivity index (χ1n) is 7.83. The van der Waals surface area contributed by atoms with Crippen LogP contribution in [-0.4, -0.2) is 25.6 Å². The van der Waals surface area contributed by atoms with Gasteiger partial charge in [0.25, 0.3) is 5.91 Å². The van der Waals surface area contributed by atoms with Gasteiger partial charge in [0.2, 0.25) is 0 Å². The first-order valence-corrected chi connectivity index (χ1v) is 11.7. The Morgan fingerprint density at radius 2 is 1.86 bits per heavy atom. The number of thiazole rings is 1. The maximum absolute atomic E-state index is 12.5. The van der Waals surface area contributed by atoms with Crippen LogP contribution < -0.4 is 5.32 Å². The molecule has 28 heavy (non-hydrogen) atoms. The molecular weight excluding hydrogens is 463 g/mol. The van der Waals surface area contributed by atoms with Gasteiger partial charge in [-0.1, -0.05) is 40.9 Å². The van der Waals surface area contributed by atoms with Crippen LogP contribution >= 0.6 is 46.1 Å². The third kappa shape index (κ3) is 5.04. The third-order valence-corrected chi connectivity index (χ3v) is 6.70. The molecule has 3 aromatic rings. The molecule has 0 spiro atoms. The molecule has 146 valence electrons. The fourth-order valence-corrected chi connectivity index (χ4v) is 4.53. The summed E-state index contributed by atoms with van der Waals surface area (Å²) in [5.74, 6) is -0.541. The molecular formula is C18H13Cl3N2O3S2. The third-order valence-electron chi connectivity index (χ3n) is 3.76. The van der Waals surface area contributed by atoms with Crippen molar-refractivity contribution in [2.24, 2.45) is 0 Å². The second-order valence-electron chi connectivity index (χ2n) is 5.91. The molecule has 1 aromatic heterocycles. The van der Waals surface area contributed by atoms with Crippen LogP contribution in [0.4, 0.5) is 5.13 Å². The minimum atomic E-state index is -3.46. The summed E-state index contributed by atoms with van der Waals surface area (Å²) in [4.78, 5) is 17.6. The van der Waals surface area contributed by atoms with Crippen molar-refractivity contribution >= 4 is 67.0 Å². The lowest BCUT2D eigenvalue weighted by Crippen LogP contribution is -2.13. The maximum Gasteiger partial charge on any atom is 0.259 e. The van der Waals surface area contributed by atoms with Crippen molar-refractivity contribution in [3.05, 3.63) is 73.7 Å². The van der Waals surface area contributed by atoms with E-state index in [4.69, 9.17) is 34.8 Å². The summed E-state index contributed by atoms with van der Waals surface area (Å²) in [6.45, 7) is 0. The zero-order chi connectivity index (χ0) is 20.5. The summed E-state index contributed by atoms with van der Waals surface area (Å²) in [6.07, 6.45) is 3.24. The van der Waals surface area contributed by atoms with Gasteiger partial charge in [-0.2, -0.15) is 0 Å². The number of nitrogens with zero attached hydrogens (tertiary/aromatic N) is 1. The average molecular weight is 476 g/mol. The predicted octanol–water partition coefficient (Wildman–Crippen LogP) is 5.35. The van der Waals surface area contributed by atoms with Gasteiger partial charge in [-0.05, 0) is 35.9 Å². The van der Waals surface area contributed by atoms with Crippen LogP contribution in [0.15, 0.2) is 47.5 Å². The molecule has 0 radical (unpaired) electrons. The molecule has 3 rings (SSSR count). The van der Waals surface area contributed by atoms with Crippen molar-refractivity contribution in [1.29, 1.82) is 0 Å². The van der Waals surface area contributed by atoms with E-state index in [2.05, 4.69) is 10.3 Å². The highest BCUT2D eigenvalue weighted by Crippen LogP contribution is 2.28. The number of anilines is 1. The zero-order valence-corrected chi connectivity index (χ0v) is 18.3. The number of rotatable bonds is 5. The molecule has 10 heteroatoms. The van der Waals surface area contributed by atoms with E-state index in [1.54, 1.807) is 18.3 Å². The van der Waals surface area contributed by atoms with Crippen LogP contribution in [0.25, 0.3) is 0 Å². The largest absolute Gasteiger partial charge is 0.298 e. The molecule has 1 heterocycles. The number of nitrogens with one attached hydrogen (secondary N) is 1. The molecule has 0 unspecified atom stereocenters.